The van der Waals surface area contributed by atoms with Crippen molar-refractivity contribution >= 4 is 0 Å². The Morgan fingerprint density at radius 3 is 2.76 bits per heavy atom. The van der Waals surface area contributed by atoms with Crippen molar-refractivity contribution in [3.05, 3.63) is 0 Å². The van der Waals surface area contributed by atoms with Crippen LogP contribution in [0.3, 0.4) is 0 Å². The molecule has 1 N–H and O–H groups in total. The van der Waals surface area contributed by atoms with Gasteiger partial charge in [-0.15, -0.1) is 0 Å². The third kappa shape index (κ3) is 5.51. The van der Waals surface area contributed by atoms with E-state index >= 15 is 0 Å². The number of hydrogen-bond acceptors (Lipinski definition) is 4. The molecule has 0 radical (unpaired) electrons. The van der Waals surface area contributed by atoms with E-state index in [9.17, 15) is 0 Å². The lowest BCUT2D eigenvalue weighted by Crippen LogP contribution is -2.47. The summed E-state index contributed by atoms with van der Waals surface area (Å²) in [7, 11) is 0. The third-order valence-corrected chi connectivity index (χ3v) is 4.73. The van der Waals surface area contributed by atoms with Gasteiger partial charge in [0.15, 0.2) is 0 Å². The first-order valence-electron chi connectivity index (χ1n) is 8.76. The Bertz CT molecular complexity index is 285. The van der Waals surface area contributed by atoms with Crippen LogP contribution in [0, 0.1) is 11.3 Å². The molecule has 0 bridgehead atoms. The molecular formula is C17H34N2O2. The summed E-state index contributed by atoms with van der Waals surface area (Å²) in [6, 6.07) is 0. The number of ether oxygens (including phenoxy) is 2. The first kappa shape index (κ1) is 17.2. The molecule has 2 rings (SSSR count). The molecule has 2 aliphatic rings. The second kappa shape index (κ2) is 8.47. The molecule has 2 unspecified atom stereocenters. The van der Waals surface area contributed by atoms with Crippen LogP contribution >= 0.6 is 0 Å². The molecule has 2 heterocycles. The summed E-state index contributed by atoms with van der Waals surface area (Å²) in [6.07, 6.45) is 4.09. The van der Waals surface area contributed by atoms with Gasteiger partial charge in [-0.1, -0.05) is 20.8 Å². The molecule has 0 aliphatic carbocycles. The molecule has 0 aromatic heterocycles. The van der Waals surface area contributed by atoms with Crippen LogP contribution in [0.2, 0.25) is 0 Å². The van der Waals surface area contributed by atoms with E-state index in [1.54, 1.807) is 0 Å². The van der Waals surface area contributed by atoms with Gasteiger partial charge in [-0.3, -0.25) is 0 Å². The molecule has 0 spiro atoms. The van der Waals surface area contributed by atoms with Crippen molar-refractivity contribution in [2.45, 2.75) is 46.1 Å². The maximum Gasteiger partial charge on any atom is 0.0702 e. The van der Waals surface area contributed by atoms with E-state index in [1.165, 1.54) is 19.3 Å². The van der Waals surface area contributed by atoms with Gasteiger partial charge in [0.05, 0.1) is 12.7 Å². The number of nitrogens with one attached hydrogen (secondary N) is 1. The molecule has 4 nitrogen and oxygen atoms in total. The maximum absolute atomic E-state index is 5.81. The van der Waals surface area contributed by atoms with Crippen molar-refractivity contribution in [2.24, 2.45) is 11.3 Å². The number of likely N-dealkylation sites (N-methyl/N-ethyl adjacent to an activating group) is 1. The predicted octanol–water partition coefficient (Wildman–Crippen LogP) is 2.14. The van der Waals surface area contributed by atoms with Crippen LogP contribution < -0.4 is 5.32 Å². The zero-order valence-corrected chi connectivity index (χ0v) is 14.2. The Balaban J connectivity index is 1.83. The zero-order chi connectivity index (χ0) is 15.1. The van der Waals surface area contributed by atoms with Crippen LogP contribution in [-0.2, 0) is 9.47 Å². The van der Waals surface area contributed by atoms with Crippen LogP contribution in [-0.4, -0.2) is 63.5 Å². The fourth-order valence-corrected chi connectivity index (χ4v) is 3.45. The summed E-state index contributed by atoms with van der Waals surface area (Å²) in [5, 5.41) is 3.65. The van der Waals surface area contributed by atoms with E-state index < -0.39 is 0 Å². The van der Waals surface area contributed by atoms with Gasteiger partial charge in [0.1, 0.15) is 0 Å². The lowest BCUT2D eigenvalue weighted by atomic mass is 9.86. The summed E-state index contributed by atoms with van der Waals surface area (Å²) >= 11 is 0. The molecule has 2 atom stereocenters. The van der Waals surface area contributed by atoms with Crippen LogP contribution in [0.1, 0.15) is 40.0 Å². The second-order valence-electron chi connectivity index (χ2n) is 7.29. The molecule has 0 saturated carbocycles. The van der Waals surface area contributed by atoms with Gasteiger partial charge in [-0.25, -0.2) is 0 Å². The van der Waals surface area contributed by atoms with Gasteiger partial charge in [0.2, 0.25) is 0 Å². The van der Waals surface area contributed by atoms with E-state index in [1.807, 2.05) is 0 Å². The van der Waals surface area contributed by atoms with Crippen molar-refractivity contribution in [1.29, 1.82) is 0 Å². The summed E-state index contributed by atoms with van der Waals surface area (Å²) in [5.74, 6) is 0.707. The minimum absolute atomic E-state index is 0.295. The standard InChI is InChI=1S/C17H34N2O2/c1-4-19(11-16-6-5-8-21-16)13-17(7-9-20-14-17)12-18-10-15(2)3/h15-16,18H,4-14H2,1-3H3. The van der Waals surface area contributed by atoms with Gasteiger partial charge in [-0.05, 0) is 38.3 Å². The molecule has 0 aromatic rings. The van der Waals surface area contributed by atoms with E-state index in [2.05, 4.69) is 31.0 Å². The smallest absolute Gasteiger partial charge is 0.0702 e. The minimum atomic E-state index is 0.295. The largest absolute Gasteiger partial charge is 0.381 e. The van der Waals surface area contributed by atoms with Crippen LogP contribution in [0.25, 0.3) is 0 Å². The molecule has 4 heteroatoms. The molecule has 0 amide bonds. The van der Waals surface area contributed by atoms with Gasteiger partial charge < -0.3 is 19.7 Å². The SMILES string of the molecule is CCN(CC1CCCO1)CC1(CNCC(C)C)CCOC1. The Morgan fingerprint density at radius 1 is 1.33 bits per heavy atom. The average Bonchev–Trinajstić information content (AvgIpc) is 3.10. The fourth-order valence-electron chi connectivity index (χ4n) is 3.45. The van der Waals surface area contributed by atoms with Crippen LogP contribution in [0.4, 0.5) is 0 Å². The summed E-state index contributed by atoms with van der Waals surface area (Å²) in [6.45, 7) is 15.1. The normalized spacial score (nSPS) is 29.9. The highest BCUT2D eigenvalue weighted by Crippen LogP contribution is 2.29. The summed E-state index contributed by atoms with van der Waals surface area (Å²) < 4.78 is 11.5. The topological polar surface area (TPSA) is 33.7 Å². The third-order valence-electron chi connectivity index (χ3n) is 4.73. The number of rotatable bonds is 9. The van der Waals surface area contributed by atoms with Crippen molar-refractivity contribution < 1.29 is 9.47 Å². The average molecular weight is 298 g/mol. The predicted molar refractivity (Wildman–Crippen MR) is 86.7 cm³/mol. The van der Waals surface area contributed by atoms with E-state index in [-0.39, 0.29) is 0 Å². The highest BCUT2D eigenvalue weighted by atomic mass is 16.5. The number of nitrogens with zero attached hydrogens (tertiary/aromatic N) is 1. The highest BCUT2D eigenvalue weighted by Gasteiger charge is 2.36. The van der Waals surface area contributed by atoms with Crippen molar-refractivity contribution in [1.82, 2.24) is 10.2 Å². The van der Waals surface area contributed by atoms with Crippen LogP contribution in [0.5, 0.6) is 0 Å². The van der Waals surface area contributed by atoms with Crippen LogP contribution in [0.15, 0.2) is 0 Å². The Kier molecular flexibility index (Phi) is 6.93. The molecule has 2 fully saturated rings. The molecule has 0 aromatic carbocycles. The minimum Gasteiger partial charge on any atom is -0.381 e. The lowest BCUT2D eigenvalue weighted by molar-refractivity contribution is 0.0505. The quantitative estimate of drug-likeness (QED) is 0.707. The molecule has 2 aliphatic heterocycles. The molecule has 2 saturated heterocycles. The van der Waals surface area contributed by atoms with Gasteiger partial charge in [0, 0.05) is 38.3 Å². The second-order valence-corrected chi connectivity index (χ2v) is 7.29. The Hall–Kier alpha value is -0.160. The Morgan fingerprint density at radius 2 is 2.19 bits per heavy atom. The monoisotopic (exact) mass is 298 g/mol. The van der Waals surface area contributed by atoms with Gasteiger partial charge in [-0.2, -0.15) is 0 Å². The van der Waals surface area contributed by atoms with E-state index in [0.717, 1.165) is 52.5 Å². The molecule has 124 valence electrons. The zero-order valence-electron chi connectivity index (χ0n) is 14.2. The maximum atomic E-state index is 5.81. The summed E-state index contributed by atoms with van der Waals surface area (Å²) in [5.41, 5.74) is 0.295. The van der Waals surface area contributed by atoms with E-state index in [0.29, 0.717) is 17.4 Å². The highest BCUT2D eigenvalue weighted by molar-refractivity contribution is 4.89. The van der Waals surface area contributed by atoms with Crippen molar-refractivity contribution in [3.8, 4) is 0 Å². The van der Waals surface area contributed by atoms with Gasteiger partial charge >= 0.3 is 0 Å². The summed E-state index contributed by atoms with van der Waals surface area (Å²) in [4.78, 5) is 2.57. The van der Waals surface area contributed by atoms with Crippen molar-refractivity contribution in [3.63, 3.8) is 0 Å². The van der Waals surface area contributed by atoms with E-state index in [4.69, 9.17) is 9.47 Å². The van der Waals surface area contributed by atoms with Gasteiger partial charge in [0.25, 0.3) is 0 Å². The molecular weight excluding hydrogens is 264 g/mol. The fraction of sp³-hybridized carbons (Fsp3) is 1.00. The first-order valence-corrected chi connectivity index (χ1v) is 8.76. The Labute approximate surface area is 130 Å². The first-order chi connectivity index (χ1) is 10.1. The molecule has 21 heavy (non-hydrogen) atoms. The lowest BCUT2D eigenvalue weighted by Gasteiger charge is -2.35. The number of hydrogen-bond donors (Lipinski definition) is 1. The van der Waals surface area contributed by atoms with Crippen molar-refractivity contribution in [2.75, 3.05) is 52.5 Å².